The molecule has 3 rings (SSSR count). The summed E-state index contributed by atoms with van der Waals surface area (Å²) in [7, 11) is 0. The number of amides is 5. The van der Waals surface area contributed by atoms with Gasteiger partial charge in [0.1, 0.15) is 12.1 Å². The molecule has 2 heterocycles. The number of carbonyl (C=O) groups is 4. The summed E-state index contributed by atoms with van der Waals surface area (Å²) in [5.41, 5.74) is -0.148. The molecule has 2 aliphatic rings. The van der Waals surface area contributed by atoms with Crippen LogP contribution >= 0.6 is 0 Å². The van der Waals surface area contributed by atoms with Gasteiger partial charge in [-0.3, -0.25) is 19.3 Å². The quantitative estimate of drug-likeness (QED) is 0.713. The molecule has 1 aromatic rings. The summed E-state index contributed by atoms with van der Waals surface area (Å²) in [6, 6.07) is 8.76. The lowest BCUT2D eigenvalue weighted by atomic mass is 9.93. The number of piperidine rings is 1. The van der Waals surface area contributed by atoms with E-state index in [1.807, 2.05) is 44.2 Å². The van der Waals surface area contributed by atoms with Gasteiger partial charge in [0.2, 0.25) is 11.8 Å². The van der Waals surface area contributed by atoms with Crippen LogP contribution in [0, 0.1) is 5.92 Å². The largest absolute Gasteiger partial charge is 0.341 e. The van der Waals surface area contributed by atoms with Crippen LogP contribution in [-0.4, -0.2) is 58.7 Å². The van der Waals surface area contributed by atoms with Crippen LogP contribution in [0.2, 0.25) is 0 Å². The van der Waals surface area contributed by atoms with Crippen LogP contribution in [0.1, 0.15) is 39.5 Å². The van der Waals surface area contributed by atoms with Gasteiger partial charge in [-0.05, 0) is 37.8 Å². The van der Waals surface area contributed by atoms with Gasteiger partial charge in [-0.25, -0.2) is 4.79 Å². The lowest BCUT2D eigenvalue weighted by Crippen LogP contribution is -2.48. The van der Waals surface area contributed by atoms with Gasteiger partial charge in [-0.2, -0.15) is 0 Å². The fourth-order valence-corrected chi connectivity index (χ4v) is 3.94. The van der Waals surface area contributed by atoms with Crippen LogP contribution in [0.3, 0.4) is 0 Å². The van der Waals surface area contributed by atoms with E-state index in [9.17, 15) is 19.2 Å². The van der Waals surface area contributed by atoms with Crippen LogP contribution in [-0.2, 0) is 14.4 Å². The molecule has 8 heteroatoms. The zero-order valence-corrected chi connectivity index (χ0v) is 16.9. The zero-order chi connectivity index (χ0) is 21.0. The maximum atomic E-state index is 12.7. The number of imide groups is 1. The Hall–Kier alpha value is -2.90. The fraction of sp³-hybridized carbons (Fsp3) is 0.524. The number of hydrogen-bond acceptors (Lipinski definition) is 4. The highest BCUT2D eigenvalue weighted by atomic mass is 16.2. The first-order valence-electron chi connectivity index (χ1n) is 10.2. The van der Waals surface area contributed by atoms with E-state index in [-0.39, 0.29) is 30.2 Å². The predicted molar refractivity (Wildman–Crippen MR) is 108 cm³/mol. The summed E-state index contributed by atoms with van der Waals surface area (Å²) in [5.74, 6) is -0.812. The van der Waals surface area contributed by atoms with E-state index in [4.69, 9.17) is 0 Å². The van der Waals surface area contributed by atoms with E-state index in [1.165, 1.54) is 0 Å². The number of urea groups is 1. The highest BCUT2D eigenvalue weighted by Crippen LogP contribution is 2.25. The molecule has 0 radical (unpaired) electrons. The smallest absolute Gasteiger partial charge is 0.325 e. The van der Waals surface area contributed by atoms with Crippen molar-refractivity contribution in [2.24, 2.45) is 5.92 Å². The Labute approximate surface area is 170 Å². The van der Waals surface area contributed by atoms with E-state index in [0.717, 1.165) is 10.6 Å². The van der Waals surface area contributed by atoms with E-state index < -0.39 is 11.6 Å². The van der Waals surface area contributed by atoms with E-state index in [1.54, 1.807) is 4.90 Å². The summed E-state index contributed by atoms with van der Waals surface area (Å²) in [6.45, 7) is 4.30. The topological polar surface area (TPSA) is 98.8 Å². The predicted octanol–water partition coefficient (Wildman–Crippen LogP) is 1.97. The summed E-state index contributed by atoms with van der Waals surface area (Å²) in [6.07, 6.45) is 2.08. The molecule has 0 spiro atoms. The second kappa shape index (κ2) is 8.63. The number of para-hydroxylation sites is 1. The van der Waals surface area contributed by atoms with Crippen molar-refractivity contribution in [2.75, 3.05) is 25.0 Å². The second-order valence-corrected chi connectivity index (χ2v) is 7.62. The maximum Gasteiger partial charge on any atom is 0.325 e. The number of anilines is 1. The van der Waals surface area contributed by atoms with Crippen LogP contribution in [0.15, 0.2) is 30.3 Å². The van der Waals surface area contributed by atoms with Crippen molar-refractivity contribution >= 4 is 29.4 Å². The van der Waals surface area contributed by atoms with Crippen molar-refractivity contribution in [3.05, 3.63) is 30.3 Å². The van der Waals surface area contributed by atoms with Crippen molar-refractivity contribution in [1.29, 1.82) is 0 Å². The minimum absolute atomic E-state index is 0.0481. The number of nitrogens with zero attached hydrogens (tertiary/aromatic N) is 2. The molecule has 0 aliphatic carbocycles. The molecule has 2 fully saturated rings. The van der Waals surface area contributed by atoms with Gasteiger partial charge in [-0.15, -0.1) is 0 Å². The third-order valence-electron chi connectivity index (χ3n) is 6.01. The highest BCUT2D eigenvalue weighted by Gasteiger charge is 2.49. The van der Waals surface area contributed by atoms with Gasteiger partial charge >= 0.3 is 6.03 Å². The molecule has 0 aromatic heterocycles. The van der Waals surface area contributed by atoms with Gasteiger partial charge in [0.25, 0.3) is 5.91 Å². The molecule has 0 atom stereocenters. The van der Waals surface area contributed by atoms with Crippen LogP contribution < -0.4 is 10.6 Å². The second-order valence-electron chi connectivity index (χ2n) is 7.62. The highest BCUT2D eigenvalue weighted by molar-refractivity contribution is 6.09. The molecule has 156 valence electrons. The summed E-state index contributed by atoms with van der Waals surface area (Å²) >= 11 is 0. The maximum absolute atomic E-state index is 12.7. The molecule has 2 N–H and O–H groups in total. The first kappa shape index (κ1) is 20.8. The molecule has 2 saturated heterocycles. The molecule has 1 aromatic carbocycles. The van der Waals surface area contributed by atoms with Crippen LogP contribution in [0.4, 0.5) is 10.5 Å². The number of hydrogen-bond donors (Lipinski definition) is 2. The summed E-state index contributed by atoms with van der Waals surface area (Å²) < 4.78 is 0. The normalized spacial score (nSPS) is 19.2. The molecular formula is C21H28N4O4. The fourth-order valence-electron chi connectivity index (χ4n) is 3.94. The van der Waals surface area contributed by atoms with Crippen molar-refractivity contribution in [3.8, 4) is 0 Å². The number of likely N-dealkylation sites (tertiary alicyclic amines) is 1. The van der Waals surface area contributed by atoms with Crippen LogP contribution in [0.25, 0.3) is 0 Å². The molecule has 0 saturated carbocycles. The molecule has 0 bridgehead atoms. The Morgan fingerprint density at radius 2 is 1.72 bits per heavy atom. The molecule has 29 heavy (non-hydrogen) atoms. The number of rotatable bonds is 6. The summed E-state index contributed by atoms with van der Waals surface area (Å²) in [5, 5.41) is 5.63. The molecule has 8 nitrogen and oxygen atoms in total. The van der Waals surface area contributed by atoms with Gasteiger partial charge < -0.3 is 15.5 Å². The molecule has 5 amide bonds. The Morgan fingerprint density at radius 3 is 2.28 bits per heavy atom. The monoisotopic (exact) mass is 400 g/mol. The lowest BCUT2D eigenvalue weighted by molar-refractivity contribution is -0.140. The average molecular weight is 400 g/mol. The minimum Gasteiger partial charge on any atom is -0.341 e. The molecular weight excluding hydrogens is 372 g/mol. The minimum atomic E-state index is -0.903. The van der Waals surface area contributed by atoms with Gasteiger partial charge in [0.05, 0.1) is 0 Å². The summed E-state index contributed by atoms with van der Waals surface area (Å²) in [4.78, 5) is 52.6. The Bertz CT molecular complexity index is 783. The van der Waals surface area contributed by atoms with Gasteiger partial charge in [0, 0.05) is 24.7 Å². The first-order valence-corrected chi connectivity index (χ1v) is 10.2. The SMILES string of the molecule is CCC1(CC)NC(=O)N(CC(=O)N2CCC(C(=O)Nc3ccccc3)CC2)C1=O. The van der Waals surface area contributed by atoms with E-state index >= 15 is 0 Å². The first-order chi connectivity index (χ1) is 13.9. The Balaban J connectivity index is 1.52. The Morgan fingerprint density at radius 1 is 1.10 bits per heavy atom. The number of benzene rings is 1. The standard InChI is InChI=1S/C21H28N4O4/c1-3-21(4-2)19(28)25(20(29)23-21)14-17(26)24-12-10-15(11-13-24)18(27)22-16-8-6-5-7-9-16/h5-9,15H,3-4,10-14H2,1-2H3,(H,22,27)(H,23,29). The van der Waals surface area contributed by atoms with Gasteiger partial charge in [0.15, 0.2) is 0 Å². The zero-order valence-electron chi connectivity index (χ0n) is 16.9. The Kier molecular flexibility index (Phi) is 6.20. The lowest BCUT2D eigenvalue weighted by Gasteiger charge is -2.32. The molecule has 0 unspecified atom stereocenters. The molecule has 2 aliphatic heterocycles. The van der Waals surface area contributed by atoms with Crippen LogP contribution in [0.5, 0.6) is 0 Å². The van der Waals surface area contributed by atoms with E-state index in [0.29, 0.717) is 38.8 Å². The number of carbonyl (C=O) groups excluding carboxylic acids is 4. The van der Waals surface area contributed by atoms with Crippen molar-refractivity contribution in [3.63, 3.8) is 0 Å². The van der Waals surface area contributed by atoms with Crippen molar-refractivity contribution in [2.45, 2.75) is 45.1 Å². The number of nitrogens with one attached hydrogen (secondary N) is 2. The van der Waals surface area contributed by atoms with Gasteiger partial charge in [-0.1, -0.05) is 32.0 Å². The third-order valence-corrected chi connectivity index (χ3v) is 6.01. The van der Waals surface area contributed by atoms with Crippen molar-refractivity contribution < 1.29 is 19.2 Å². The average Bonchev–Trinajstić information content (AvgIpc) is 2.99. The third kappa shape index (κ3) is 4.26. The van der Waals surface area contributed by atoms with Crippen molar-refractivity contribution in [1.82, 2.24) is 15.1 Å². The van der Waals surface area contributed by atoms with E-state index in [2.05, 4.69) is 10.6 Å².